The van der Waals surface area contributed by atoms with Crippen LogP contribution in [0.1, 0.15) is 25.5 Å². The van der Waals surface area contributed by atoms with Crippen molar-refractivity contribution in [3.05, 3.63) is 29.8 Å². The molecule has 0 saturated heterocycles. The second-order valence-corrected chi connectivity index (χ2v) is 7.09. The van der Waals surface area contributed by atoms with Crippen LogP contribution in [0.4, 0.5) is 0 Å². The molecule has 7 heteroatoms. The quantitative estimate of drug-likeness (QED) is 0.811. The molecule has 2 N–H and O–H groups in total. The Balaban J connectivity index is 3.00. The first-order valence-corrected chi connectivity index (χ1v) is 8.10. The van der Waals surface area contributed by atoms with Crippen LogP contribution in [0.5, 0.6) is 0 Å². The van der Waals surface area contributed by atoms with Crippen LogP contribution in [0.3, 0.4) is 0 Å². The fourth-order valence-electron chi connectivity index (χ4n) is 1.93. The van der Waals surface area contributed by atoms with Gasteiger partial charge >= 0.3 is 0 Å². The van der Waals surface area contributed by atoms with Crippen LogP contribution in [0.25, 0.3) is 0 Å². The highest BCUT2D eigenvalue weighted by Crippen LogP contribution is 2.20. The fraction of sp³-hybridized carbons (Fsp3) is 0.500. The Morgan fingerprint density at radius 3 is 2.52 bits per heavy atom. The van der Waals surface area contributed by atoms with E-state index < -0.39 is 22.0 Å². The molecular formula is C14H22N2O4S. The molecule has 1 rings (SSSR count). The number of nitrogens with zero attached hydrogens (tertiary/aromatic N) is 1. The standard InChI is InChI=1S/C14H22N2O4S/c1-10(14(18)15-3)9-16(4)21(19,20)13-7-5-6-12(8-13)11(2)17/h5-8,10-11,17H,9H2,1-4H3,(H,15,18). The Hall–Kier alpha value is -1.44. The predicted octanol–water partition coefficient (Wildman–Crippen LogP) is 0.742. The Kier molecular flexibility index (Phi) is 5.88. The van der Waals surface area contributed by atoms with Gasteiger partial charge in [0.1, 0.15) is 0 Å². The summed E-state index contributed by atoms with van der Waals surface area (Å²) in [6.45, 7) is 3.32. The number of benzene rings is 1. The highest BCUT2D eigenvalue weighted by Gasteiger charge is 2.25. The number of rotatable bonds is 6. The number of hydrogen-bond donors (Lipinski definition) is 2. The van der Waals surface area contributed by atoms with Gasteiger partial charge in [0, 0.05) is 26.6 Å². The molecule has 21 heavy (non-hydrogen) atoms. The molecule has 0 aromatic heterocycles. The van der Waals surface area contributed by atoms with Crippen LogP contribution in [0.2, 0.25) is 0 Å². The van der Waals surface area contributed by atoms with Crippen molar-refractivity contribution in [2.24, 2.45) is 5.92 Å². The van der Waals surface area contributed by atoms with Gasteiger partial charge in [0.2, 0.25) is 15.9 Å². The summed E-state index contributed by atoms with van der Waals surface area (Å²) in [5.74, 6) is -0.662. The second kappa shape index (κ2) is 7.02. The minimum absolute atomic E-state index is 0.0842. The first kappa shape index (κ1) is 17.6. The van der Waals surface area contributed by atoms with Crippen molar-refractivity contribution in [3.63, 3.8) is 0 Å². The van der Waals surface area contributed by atoms with Crippen LogP contribution in [0, 0.1) is 5.92 Å². The fourth-order valence-corrected chi connectivity index (χ4v) is 3.24. The van der Waals surface area contributed by atoms with Crippen molar-refractivity contribution in [1.29, 1.82) is 0 Å². The summed E-state index contributed by atoms with van der Waals surface area (Å²) in [5, 5.41) is 12.0. The van der Waals surface area contributed by atoms with Crippen molar-refractivity contribution in [2.75, 3.05) is 20.6 Å². The SMILES string of the molecule is CNC(=O)C(C)CN(C)S(=O)(=O)c1cccc(C(C)O)c1. The lowest BCUT2D eigenvalue weighted by molar-refractivity contribution is -0.124. The van der Waals surface area contributed by atoms with Gasteiger partial charge < -0.3 is 10.4 Å². The van der Waals surface area contributed by atoms with Crippen molar-refractivity contribution >= 4 is 15.9 Å². The number of amides is 1. The maximum absolute atomic E-state index is 12.5. The summed E-state index contributed by atoms with van der Waals surface area (Å²) in [6, 6.07) is 6.17. The van der Waals surface area contributed by atoms with Crippen LogP contribution in [-0.4, -0.2) is 44.4 Å². The molecule has 0 radical (unpaired) electrons. The number of carbonyl (C=O) groups excluding carboxylic acids is 1. The van der Waals surface area contributed by atoms with E-state index in [1.54, 1.807) is 26.0 Å². The van der Waals surface area contributed by atoms with E-state index in [9.17, 15) is 18.3 Å². The smallest absolute Gasteiger partial charge is 0.242 e. The van der Waals surface area contributed by atoms with E-state index in [4.69, 9.17) is 0 Å². The Morgan fingerprint density at radius 2 is 2.00 bits per heavy atom. The molecule has 1 aromatic carbocycles. The highest BCUT2D eigenvalue weighted by molar-refractivity contribution is 7.89. The molecule has 118 valence electrons. The third kappa shape index (κ3) is 4.26. The van der Waals surface area contributed by atoms with Gasteiger partial charge in [-0.15, -0.1) is 0 Å². The van der Waals surface area contributed by atoms with Gasteiger partial charge in [0.05, 0.1) is 11.0 Å². The summed E-state index contributed by atoms with van der Waals surface area (Å²) < 4.78 is 26.1. The molecule has 6 nitrogen and oxygen atoms in total. The molecule has 0 aliphatic heterocycles. The lowest BCUT2D eigenvalue weighted by Crippen LogP contribution is -2.37. The lowest BCUT2D eigenvalue weighted by Gasteiger charge is -2.21. The van der Waals surface area contributed by atoms with Crippen LogP contribution < -0.4 is 5.32 Å². The molecule has 2 atom stereocenters. The zero-order valence-corrected chi connectivity index (χ0v) is 13.5. The van der Waals surface area contributed by atoms with Gasteiger partial charge in [-0.3, -0.25) is 4.79 Å². The summed E-state index contributed by atoms with van der Waals surface area (Å²) in [6.07, 6.45) is -0.741. The van der Waals surface area contributed by atoms with Crippen molar-refractivity contribution < 1.29 is 18.3 Å². The summed E-state index contributed by atoms with van der Waals surface area (Å²) in [5.41, 5.74) is 0.531. The molecule has 1 amide bonds. The van der Waals surface area contributed by atoms with Gasteiger partial charge in [0.15, 0.2) is 0 Å². The van der Waals surface area contributed by atoms with E-state index in [1.165, 1.54) is 26.2 Å². The number of nitrogens with one attached hydrogen (secondary N) is 1. The zero-order valence-electron chi connectivity index (χ0n) is 12.7. The number of aliphatic hydroxyl groups excluding tert-OH is 1. The monoisotopic (exact) mass is 314 g/mol. The van der Waals surface area contributed by atoms with E-state index in [1.807, 2.05) is 0 Å². The van der Waals surface area contributed by atoms with Crippen molar-refractivity contribution in [1.82, 2.24) is 9.62 Å². The molecule has 2 unspecified atom stereocenters. The third-order valence-electron chi connectivity index (χ3n) is 3.27. The summed E-state index contributed by atoms with van der Waals surface area (Å²) in [7, 11) is -0.742. The maximum atomic E-state index is 12.5. The Bertz CT molecular complexity index is 599. The average Bonchev–Trinajstić information content (AvgIpc) is 2.46. The number of sulfonamides is 1. The van der Waals surface area contributed by atoms with Crippen LogP contribution >= 0.6 is 0 Å². The molecule has 1 aromatic rings. The Morgan fingerprint density at radius 1 is 1.38 bits per heavy atom. The van der Waals surface area contributed by atoms with E-state index in [0.717, 1.165) is 4.31 Å². The normalized spacial score (nSPS) is 14.8. The van der Waals surface area contributed by atoms with Crippen molar-refractivity contribution in [3.8, 4) is 0 Å². The third-order valence-corrected chi connectivity index (χ3v) is 5.09. The van der Waals surface area contributed by atoms with Gasteiger partial charge in [-0.2, -0.15) is 0 Å². The van der Waals surface area contributed by atoms with Crippen LogP contribution in [-0.2, 0) is 14.8 Å². The van der Waals surface area contributed by atoms with Gasteiger partial charge in [-0.05, 0) is 24.6 Å². The summed E-state index contributed by atoms with van der Waals surface area (Å²) in [4.78, 5) is 11.6. The van der Waals surface area contributed by atoms with E-state index in [0.29, 0.717) is 5.56 Å². The van der Waals surface area contributed by atoms with Gasteiger partial charge in [-0.25, -0.2) is 12.7 Å². The molecule has 0 fully saturated rings. The predicted molar refractivity (Wildman–Crippen MR) is 80.1 cm³/mol. The molecular weight excluding hydrogens is 292 g/mol. The number of hydrogen-bond acceptors (Lipinski definition) is 4. The number of aliphatic hydroxyl groups is 1. The minimum atomic E-state index is -3.69. The van der Waals surface area contributed by atoms with E-state index >= 15 is 0 Å². The zero-order chi connectivity index (χ0) is 16.2. The largest absolute Gasteiger partial charge is 0.389 e. The topological polar surface area (TPSA) is 86.7 Å². The molecule has 0 spiro atoms. The van der Waals surface area contributed by atoms with E-state index in [2.05, 4.69) is 5.32 Å². The lowest BCUT2D eigenvalue weighted by atomic mass is 10.1. The van der Waals surface area contributed by atoms with E-state index in [-0.39, 0.29) is 17.3 Å². The minimum Gasteiger partial charge on any atom is -0.389 e. The molecule has 0 heterocycles. The average molecular weight is 314 g/mol. The number of carbonyl (C=O) groups is 1. The maximum Gasteiger partial charge on any atom is 0.242 e. The Labute approximate surface area is 125 Å². The molecule has 0 saturated carbocycles. The first-order chi connectivity index (χ1) is 9.70. The van der Waals surface area contributed by atoms with Gasteiger partial charge in [-0.1, -0.05) is 19.1 Å². The van der Waals surface area contributed by atoms with Crippen molar-refractivity contribution in [2.45, 2.75) is 24.8 Å². The van der Waals surface area contributed by atoms with Gasteiger partial charge in [0.25, 0.3) is 0 Å². The first-order valence-electron chi connectivity index (χ1n) is 6.66. The molecule has 0 aliphatic rings. The van der Waals surface area contributed by atoms with Crippen LogP contribution in [0.15, 0.2) is 29.2 Å². The second-order valence-electron chi connectivity index (χ2n) is 5.05. The molecule has 0 aliphatic carbocycles. The highest BCUT2D eigenvalue weighted by atomic mass is 32.2. The molecule has 0 bridgehead atoms. The summed E-state index contributed by atoms with van der Waals surface area (Å²) >= 11 is 0.